The highest BCUT2D eigenvalue weighted by Crippen LogP contribution is 2.26. The number of carbonyl (C=O) groups is 2. The van der Waals surface area contributed by atoms with Gasteiger partial charge < -0.3 is 15.0 Å². The van der Waals surface area contributed by atoms with Crippen molar-refractivity contribution in [3.05, 3.63) is 89.7 Å². The van der Waals surface area contributed by atoms with E-state index in [4.69, 9.17) is 4.74 Å². The largest absolute Gasteiger partial charge is 0.494 e. The first-order valence-corrected chi connectivity index (χ1v) is 13.6. The molecule has 0 aromatic heterocycles. The minimum Gasteiger partial charge on any atom is -0.494 e. The van der Waals surface area contributed by atoms with Gasteiger partial charge in [-0.1, -0.05) is 35.9 Å². The van der Waals surface area contributed by atoms with Gasteiger partial charge >= 0.3 is 0 Å². The Kier molecular flexibility index (Phi) is 9.46. The van der Waals surface area contributed by atoms with Crippen LogP contribution in [0.5, 0.6) is 5.75 Å². The number of carbonyl (C=O) groups excluding carboxylic acids is 2. The van der Waals surface area contributed by atoms with Crippen LogP contribution < -0.4 is 14.4 Å². The van der Waals surface area contributed by atoms with E-state index in [9.17, 15) is 22.4 Å². The van der Waals surface area contributed by atoms with Crippen molar-refractivity contribution in [3.8, 4) is 5.75 Å². The molecule has 8 nitrogen and oxygen atoms in total. The van der Waals surface area contributed by atoms with Gasteiger partial charge in [-0.05, 0) is 63.2 Å². The van der Waals surface area contributed by atoms with Gasteiger partial charge in [-0.15, -0.1) is 0 Å². The molecule has 1 atom stereocenters. The predicted molar refractivity (Wildman–Crippen MR) is 144 cm³/mol. The molecule has 0 fully saturated rings. The summed E-state index contributed by atoms with van der Waals surface area (Å²) in [5, 5.41) is 2.49. The summed E-state index contributed by atoms with van der Waals surface area (Å²) in [6.45, 7) is 4.80. The number of halogens is 1. The van der Waals surface area contributed by atoms with Crippen LogP contribution in [0.1, 0.15) is 25.0 Å². The van der Waals surface area contributed by atoms with Crippen LogP contribution in [0.15, 0.2) is 77.7 Å². The fourth-order valence-electron chi connectivity index (χ4n) is 3.84. The second-order valence-corrected chi connectivity index (χ2v) is 10.5. The smallest absolute Gasteiger partial charge is 0.264 e. The number of sulfonamides is 1. The third-order valence-corrected chi connectivity index (χ3v) is 7.82. The normalized spacial score (nSPS) is 11.9. The summed E-state index contributed by atoms with van der Waals surface area (Å²) < 4.78 is 48.5. The van der Waals surface area contributed by atoms with Gasteiger partial charge in [0.1, 0.15) is 24.2 Å². The van der Waals surface area contributed by atoms with E-state index in [0.717, 1.165) is 9.87 Å². The Labute approximate surface area is 223 Å². The first-order chi connectivity index (χ1) is 18.1. The van der Waals surface area contributed by atoms with Crippen molar-refractivity contribution in [2.75, 3.05) is 24.5 Å². The molecule has 0 spiro atoms. The van der Waals surface area contributed by atoms with Crippen LogP contribution in [0.2, 0.25) is 0 Å². The molecule has 0 saturated carbocycles. The van der Waals surface area contributed by atoms with Crippen molar-refractivity contribution >= 4 is 27.5 Å². The summed E-state index contributed by atoms with van der Waals surface area (Å²) in [7, 11) is -2.77. The number of hydrogen-bond acceptors (Lipinski definition) is 5. The van der Waals surface area contributed by atoms with Crippen molar-refractivity contribution in [1.82, 2.24) is 10.2 Å². The summed E-state index contributed by atoms with van der Waals surface area (Å²) in [5.41, 5.74) is 1.39. The number of aryl methyl sites for hydroxylation is 1. The first kappa shape index (κ1) is 28.6. The Morgan fingerprint density at radius 3 is 2.21 bits per heavy atom. The maximum atomic E-state index is 14.5. The second-order valence-electron chi connectivity index (χ2n) is 8.65. The standard InChI is InChI=1S/C28H32FN3O5S/c1-5-37-24-14-16-25(17-15-24)38(35,36)32(23-12-10-20(2)11-13-23)19-27(33)31(21(3)28(34)30-4)18-22-8-6-7-9-26(22)29/h6-17,21H,5,18-19H2,1-4H3,(H,30,34). The number of ether oxygens (including phenoxy) is 1. The zero-order valence-corrected chi connectivity index (χ0v) is 22.7. The topological polar surface area (TPSA) is 96.0 Å². The van der Waals surface area contributed by atoms with Crippen LogP contribution >= 0.6 is 0 Å². The van der Waals surface area contributed by atoms with Gasteiger partial charge in [-0.25, -0.2) is 12.8 Å². The fraction of sp³-hybridized carbons (Fsp3) is 0.286. The molecular formula is C28H32FN3O5S. The van der Waals surface area contributed by atoms with E-state index in [1.807, 2.05) is 13.8 Å². The van der Waals surface area contributed by atoms with E-state index in [-0.39, 0.29) is 22.7 Å². The zero-order valence-electron chi connectivity index (χ0n) is 21.8. The van der Waals surface area contributed by atoms with Gasteiger partial charge in [-0.3, -0.25) is 13.9 Å². The molecule has 0 bridgehead atoms. The van der Waals surface area contributed by atoms with E-state index in [0.29, 0.717) is 12.4 Å². The van der Waals surface area contributed by atoms with Crippen molar-refractivity contribution < 1.29 is 27.1 Å². The van der Waals surface area contributed by atoms with Crippen molar-refractivity contribution in [2.24, 2.45) is 0 Å². The molecule has 0 aliphatic heterocycles. The van der Waals surface area contributed by atoms with Gasteiger partial charge in [0, 0.05) is 19.2 Å². The minimum absolute atomic E-state index is 0.0330. The SMILES string of the molecule is CCOc1ccc(S(=O)(=O)N(CC(=O)N(Cc2ccccc2F)C(C)C(=O)NC)c2ccc(C)cc2)cc1. The maximum absolute atomic E-state index is 14.5. The Hall–Kier alpha value is -3.92. The lowest BCUT2D eigenvalue weighted by Gasteiger charge is -2.32. The Morgan fingerprint density at radius 2 is 1.63 bits per heavy atom. The molecule has 0 aliphatic carbocycles. The van der Waals surface area contributed by atoms with Crippen LogP contribution in [0.3, 0.4) is 0 Å². The summed E-state index contributed by atoms with van der Waals surface area (Å²) in [4.78, 5) is 27.3. The molecule has 0 saturated heterocycles. The molecule has 1 N–H and O–H groups in total. The van der Waals surface area contributed by atoms with Crippen LogP contribution in [0, 0.1) is 12.7 Å². The quantitative estimate of drug-likeness (QED) is 0.397. The van der Waals surface area contributed by atoms with Crippen molar-refractivity contribution in [3.63, 3.8) is 0 Å². The average molecular weight is 542 g/mol. The molecule has 1 unspecified atom stereocenters. The number of likely N-dealkylation sites (N-methyl/N-ethyl adjacent to an activating group) is 1. The molecule has 202 valence electrons. The molecule has 3 aromatic carbocycles. The van der Waals surface area contributed by atoms with Crippen molar-refractivity contribution in [1.29, 1.82) is 0 Å². The molecular weight excluding hydrogens is 509 g/mol. The number of nitrogens with one attached hydrogen (secondary N) is 1. The van der Waals surface area contributed by atoms with Crippen LogP contribution in [0.25, 0.3) is 0 Å². The molecule has 0 radical (unpaired) electrons. The highest BCUT2D eigenvalue weighted by Gasteiger charge is 2.32. The Bertz CT molecular complexity index is 1360. The number of anilines is 1. The lowest BCUT2D eigenvalue weighted by molar-refractivity contribution is -0.139. The third kappa shape index (κ3) is 6.69. The predicted octanol–water partition coefficient (Wildman–Crippen LogP) is 3.89. The third-order valence-electron chi connectivity index (χ3n) is 6.04. The summed E-state index contributed by atoms with van der Waals surface area (Å²) >= 11 is 0. The van der Waals surface area contributed by atoms with Crippen molar-refractivity contribution in [2.45, 2.75) is 38.3 Å². The highest BCUT2D eigenvalue weighted by molar-refractivity contribution is 7.92. The summed E-state index contributed by atoms with van der Waals surface area (Å²) in [6.07, 6.45) is 0. The number of amides is 2. The Balaban J connectivity index is 2.02. The highest BCUT2D eigenvalue weighted by atomic mass is 32.2. The molecule has 0 aliphatic rings. The fourth-order valence-corrected chi connectivity index (χ4v) is 5.26. The summed E-state index contributed by atoms with van der Waals surface area (Å²) in [6, 6.07) is 17.6. The lowest BCUT2D eigenvalue weighted by Crippen LogP contribution is -2.50. The van der Waals surface area contributed by atoms with Crippen LogP contribution in [-0.2, 0) is 26.2 Å². The van der Waals surface area contributed by atoms with Gasteiger partial charge in [0.2, 0.25) is 11.8 Å². The van der Waals surface area contributed by atoms with Gasteiger partial charge in [0.05, 0.1) is 17.2 Å². The molecule has 2 amide bonds. The van der Waals surface area contributed by atoms with E-state index < -0.39 is 40.2 Å². The molecule has 0 heterocycles. The van der Waals surface area contributed by atoms with E-state index in [2.05, 4.69) is 5.32 Å². The van der Waals surface area contributed by atoms with Gasteiger partial charge in [0.15, 0.2) is 0 Å². The van der Waals surface area contributed by atoms with Gasteiger partial charge in [0.25, 0.3) is 10.0 Å². The Morgan fingerprint density at radius 1 is 1.00 bits per heavy atom. The van der Waals surface area contributed by atoms with E-state index in [1.165, 1.54) is 49.2 Å². The maximum Gasteiger partial charge on any atom is 0.264 e. The summed E-state index contributed by atoms with van der Waals surface area (Å²) in [5.74, 6) is -1.16. The zero-order chi connectivity index (χ0) is 27.9. The lowest BCUT2D eigenvalue weighted by atomic mass is 10.1. The van der Waals surface area contributed by atoms with Crippen LogP contribution in [0.4, 0.5) is 10.1 Å². The van der Waals surface area contributed by atoms with E-state index in [1.54, 1.807) is 42.5 Å². The van der Waals surface area contributed by atoms with E-state index >= 15 is 0 Å². The van der Waals surface area contributed by atoms with Crippen LogP contribution in [-0.4, -0.2) is 51.4 Å². The second kappa shape index (κ2) is 12.6. The molecule has 10 heteroatoms. The number of rotatable bonds is 11. The number of nitrogens with zero attached hydrogens (tertiary/aromatic N) is 2. The molecule has 38 heavy (non-hydrogen) atoms. The van der Waals surface area contributed by atoms with Gasteiger partial charge in [-0.2, -0.15) is 0 Å². The molecule has 3 rings (SSSR count). The average Bonchev–Trinajstić information content (AvgIpc) is 2.91. The minimum atomic E-state index is -4.20. The molecule has 3 aromatic rings. The number of benzene rings is 3. The monoisotopic (exact) mass is 541 g/mol. The number of hydrogen-bond donors (Lipinski definition) is 1. The first-order valence-electron chi connectivity index (χ1n) is 12.1.